The van der Waals surface area contributed by atoms with E-state index in [-0.39, 0.29) is 5.41 Å². The maximum absolute atomic E-state index is 2.57. The Bertz CT molecular complexity index is 11000. The summed E-state index contributed by atoms with van der Waals surface area (Å²) < 4.78 is 0. The van der Waals surface area contributed by atoms with Crippen LogP contribution >= 0.6 is 0 Å². The van der Waals surface area contributed by atoms with Crippen molar-refractivity contribution in [3.05, 3.63) is 588 Å². The van der Waals surface area contributed by atoms with Crippen molar-refractivity contribution >= 4 is 118 Å². The van der Waals surface area contributed by atoms with Gasteiger partial charge < -0.3 is 0 Å². The molecule has 3 spiro atoms. The lowest BCUT2D eigenvalue weighted by Gasteiger charge is -2.31. The van der Waals surface area contributed by atoms with Crippen molar-refractivity contribution in [1.29, 1.82) is 0 Å². The third-order valence-corrected chi connectivity index (χ3v) is 35.9. The minimum absolute atomic E-state index is 0.378. The molecule has 0 aromatic heterocycles. The van der Waals surface area contributed by atoms with Crippen LogP contribution in [-0.2, 0) is 16.2 Å². The summed E-state index contributed by atoms with van der Waals surface area (Å²) in [6.45, 7) is 2.16. The molecule has 0 radical (unpaired) electrons. The summed E-state index contributed by atoms with van der Waals surface area (Å²) in [4.78, 5) is 0. The van der Waals surface area contributed by atoms with E-state index in [0.29, 0.717) is 0 Å². The highest BCUT2D eigenvalue weighted by Crippen LogP contribution is 2.71. The average Bonchev–Trinajstić information content (AvgIpc) is 1.47. The molecule has 0 N–H and O–H groups in total. The van der Waals surface area contributed by atoms with Gasteiger partial charge in [0.2, 0.25) is 0 Å². The van der Waals surface area contributed by atoms with E-state index in [1.165, 1.54) is 335 Å². The van der Waals surface area contributed by atoms with Gasteiger partial charge in [-0.25, -0.2) is 0 Å². The molecule has 0 bridgehead atoms. The molecule has 0 heteroatoms. The van der Waals surface area contributed by atoms with Crippen LogP contribution in [0.5, 0.6) is 0 Å². The summed E-state index contributed by atoms with van der Waals surface area (Å²) in [6, 6.07) is 195. The first kappa shape index (κ1) is 82.3. The van der Waals surface area contributed by atoms with Gasteiger partial charge in [0.05, 0.1) is 16.2 Å². The summed E-state index contributed by atoms with van der Waals surface area (Å²) >= 11 is 0. The minimum atomic E-state index is -0.450. The van der Waals surface area contributed by atoms with Crippen LogP contribution in [0, 0.1) is 6.92 Å². The lowest BCUT2D eigenvalue weighted by molar-refractivity contribution is 0.795. The molecule has 0 nitrogen and oxygen atoms in total. The van der Waals surface area contributed by atoms with Crippen LogP contribution < -0.4 is 0 Å². The minimum Gasteiger partial charge on any atom is -0.0619 e. The molecule has 8 aliphatic carbocycles. The molecule has 36 rings (SSSR count). The Morgan fingerprint density at radius 3 is 0.667 bits per heavy atom. The lowest BCUT2D eigenvalue weighted by Crippen LogP contribution is -2.26. The first-order valence-corrected chi connectivity index (χ1v) is 52.9. The largest absolute Gasteiger partial charge is 0.0726 e. The Labute approximate surface area is 867 Å². The normalized spacial score (nSPS) is 15.7. The van der Waals surface area contributed by atoms with E-state index >= 15 is 0 Å². The van der Waals surface area contributed by atoms with Crippen molar-refractivity contribution in [2.45, 2.75) is 23.2 Å². The van der Waals surface area contributed by atoms with Crippen molar-refractivity contribution in [3.8, 4) is 145 Å². The zero-order valence-electron chi connectivity index (χ0n) is 82.1. The van der Waals surface area contributed by atoms with Crippen LogP contribution in [0.3, 0.4) is 0 Å². The van der Waals surface area contributed by atoms with Crippen LogP contribution in [-0.4, -0.2) is 0 Å². The van der Waals surface area contributed by atoms with Crippen molar-refractivity contribution in [2.75, 3.05) is 0 Å². The van der Waals surface area contributed by atoms with E-state index in [1.807, 2.05) is 0 Å². The maximum Gasteiger partial charge on any atom is 0.0726 e. The molecule has 0 fully saturated rings. The quantitative estimate of drug-likeness (QED) is 0.155. The molecule has 0 aliphatic heterocycles. The summed E-state index contributed by atoms with van der Waals surface area (Å²) in [5.74, 6) is 0. The predicted octanol–water partition coefficient (Wildman–Crippen LogP) is 39.4. The Kier molecular flexibility index (Phi) is 16.7. The van der Waals surface area contributed by atoms with Gasteiger partial charge in [-0.2, -0.15) is 0 Å². The molecule has 688 valence electrons. The molecular weight excluding hydrogens is 1800 g/mol. The second kappa shape index (κ2) is 30.4. The van der Waals surface area contributed by atoms with E-state index in [1.54, 1.807) is 0 Å². The summed E-state index contributed by atoms with van der Waals surface area (Å²) in [7, 11) is 0. The Morgan fingerprint density at radius 1 is 0.107 bits per heavy atom. The van der Waals surface area contributed by atoms with Gasteiger partial charge in [-0.3, -0.25) is 0 Å². The highest BCUT2D eigenvalue weighted by molar-refractivity contribution is 6.31. The molecule has 0 amide bonds. The molecule has 0 saturated carbocycles. The lowest BCUT2D eigenvalue weighted by atomic mass is 9.69. The second-order valence-electron chi connectivity index (χ2n) is 42.6. The molecule has 28 aromatic rings. The zero-order chi connectivity index (χ0) is 97.8. The fourth-order valence-electron chi connectivity index (χ4n) is 30.0. The molecule has 3 unspecified atom stereocenters. The van der Waals surface area contributed by atoms with Gasteiger partial charge in [-0.05, 0) is 391 Å². The highest BCUT2D eigenvalue weighted by atomic mass is 14.6. The Hall–Kier alpha value is -19.0. The third-order valence-electron chi connectivity index (χ3n) is 35.9. The Morgan fingerprint density at radius 2 is 0.320 bits per heavy atom. The summed E-state index contributed by atoms with van der Waals surface area (Å²) in [6.07, 6.45) is 0. The monoisotopic (exact) mass is 1890 g/mol. The van der Waals surface area contributed by atoms with Crippen LogP contribution in [0.25, 0.3) is 263 Å². The molecule has 28 aromatic carbocycles. The van der Waals surface area contributed by atoms with Crippen molar-refractivity contribution in [3.63, 3.8) is 0 Å². The predicted molar refractivity (Wildman–Crippen MR) is 631 cm³/mol. The standard InChI is InChI=1S/C55H32.C53H30.C42H26/c1-2-17-39-35(13-1)36-14-3-6-18-40(36)47-29-33(25-27-43(39)47)34-26-28-46-44-21-9-11-23-51(44)55(53(46)30-34)52-24-12-10-22-45(52)50-31-48-41-19-7-4-15-37(41)38-16-5-8-20-42(38)49(48)32-54(50)55;1-2-14-35-33(12-1)34-13-3-5-16-37(34)45-28-31(24-26-39(35)45)32-25-27-41-40-18-7-9-22-47(40)53(49(41)29-32)48-23-10-8-19-43(48)52-44-21-11-20-42-36-15-4-6-17-38(36)46(51(42)44)30-50(52)53;1-25-17-19-26(20-18-25)27-21-22-31-30-11-4-6-15-36(30)42(38(31)23-27)37-16-7-5-12-33(37)41-34-14-8-13-32-28-9-2-3-10-29(28)35(40(32)34)24-39(41)42/h1-32H;1-30H;2-24H,1H3. The van der Waals surface area contributed by atoms with Crippen molar-refractivity contribution in [2.24, 2.45) is 0 Å². The number of hydrogen-bond donors (Lipinski definition) is 0. The first-order valence-electron chi connectivity index (χ1n) is 52.9. The number of hydrogen-bond acceptors (Lipinski definition) is 0. The molecule has 150 heavy (non-hydrogen) atoms. The Balaban J connectivity index is 0.0000000966. The summed E-state index contributed by atoms with van der Waals surface area (Å²) in [5.41, 5.74) is 51.0. The van der Waals surface area contributed by atoms with E-state index in [0.717, 1.165) is 0 Å². The van der Waals surface area contributed by atoms with Gasteiger partial charge in [-0.15, -0.1) is 0 Å². The highest BCUT2D eigenvalue weighted by Gasteiger charge is 2.57. The second-order valence-corrected chi connectivity index (χ2v) is 42.6. The topological polar surface area (TPSA) is 0 Å². The molecule has 0 heterocycles. The zero-order valence-corrected chi connectivity index (χ0v) is 82.1. The molecule has 0 saturated heterocycles. The van der Waals surface area contributed by atoms with E-state index in [9.17, 15) is 0 Å². The van der Waals surface area contributed by atoms with Gasteiger partial charge in [-0.1, -0.05) is 467 Å². The van der Waals surface area contributed by atoms with Gasteiger partial charge >= 0.3 is 0 Å². The first-order chi connectivity index (χ1) is 74.3. The number of aryl methyl sites for hydroxylation is 1. The van der Waals surface area contributed by atoms with Crippen LogP contribution in [0.4, 0.5) is 0 Å². The fourth-order valence-corrected chi connectivity index (χ4v) is 30.0. The van der Waals surface area contributed by atoms with Crippen LogP contribution in [0.1, 0.15) is 72.3 Å². The number of rotatable bonds is 3. The SMILES string of the molecule is Cc1ccc(-c2ccc3c(c2)C2(c4ccccc4-3)c3ccccc3-c3c2cc2c4c(cccc34)-c3ccccc3-2)cc1.c1ccc2c(c1)-c1ccc(-c3ccc4c5ccccc5c5ccccc5c4c3)cc1C21c2ccccc2-c2cc3c4ccccc4c4ccccc4c3cc21.c1ccc2c(c1)-c1cccc3c4c(cc-2c13)C1(c2ccccc2-c2ccc(-c3ccc5c6ccccc6c6ccccc6c5c3)cc21)c1ccccc1-4. The summed E-state index contributed by atoms with van der Waals surface area (Å²) in [5, 5.41) is 29.0. The number of fused-ring (bicyclic) bond motifs is 56. The van der Waals surface area contributed by atoms with Crippen molar-refractivity contribution < 1.29 is 0 Å². The van der Waals surface area contributed by atoms with Gasteiger partial charge in [0, 0.05) is 0 Å². The van der Waals surface area contributed by atoms with Gasteiger partial charge in [0.25, 0.3) is 0 Å². The van der Waals surface area contributed by atoms with Gasteiger partial charge in [0.15, 0.2) is 0 Å². The average molecular weight is 1890 g/mol. The van der Waals surface area contributed by atoms with E-state index < -0.39 is 10.8 Å². The molecule has 3 atom stereocenters. The van der Waals surface area contributed by atoms with E-state index in [2.05, 4.69) is 523 Å². The fraction of sp³-hybridized carbons (Fsp3) is 0.0267. The molecule has 8 aliphatic rings. The van der Waals surface area contributed by atoms with Crippen LogP contribution in [0.15, 0.2) is 516 Å². The van der Waals surface area contributed by atoms with Gasteiger partial charge in [0.1, 0.15) is 0 Å². The van der Waals surface area contributed by atoms with Crippen molar-refractivity contribution in [1.82, 2.24) is 0 Å². The number of benzene rings is 28. The maximum atomic E-state index is 2.57. The van der Waals surface area contributed by atoms with E-state index in [4.69, 9.17) is 0 Å². The smallest absolute Gasteiger partial charge is 0.0619 e. The molecular formula is C150H88. The van der Waals surface area contributed by atoms with Crippen LogP contribution in [0.2, 0.25) is 0 Å². The third kappa shape index (κ3) is 10.6.